The average molecular weight is 264 g/mol. The fourth-order valence-corrected chi connectivity index (χ4v) is 2.32. The highest BCUT2D eigenvalue weighted by atomic mass is 16.6. The number of carbonyl (C=O) groups excluding carboxylic acids is 1. The summed E-state index contributed by atoms with van der Waals surface area (Å²) in [5.74, 6) is -0.214. The standard InChI is InChI=1S/C13H16N2O4/c1-19-13(16)11-6-7-14(9-11)8-10-2-4-12(5-3-10)15(17)18/h2-5,11H,6-9H2,1H3. The van der Waals surface area contributed by atoms with E-state index in [1.165, 1.54) is 19.2 Å². The number of nitro benzene ring substituents is 1. The van der Waals surface area contributed by atoms with Crippen LogP contribution in [-0.4, -0.2) is 36.0 Å². The van der Waals surface area contributed by atoms with Gasteiger partial charge < -0.3 is 4.74 Å². The van der Waals surface area contributed by atoms with Crippen LogP contribution in [0.25, 0.3) is 0 Å². The van der Waals surface area contributed by atoms with E-state index in [0.29, 0.717) is 13.1 Å². The lowest BCUT2D eigenvalue weighted by Crippen LogP contribution is -2.23. The third-order valence-corrected chi connectivity index (χ3v) is 3.36. The van der Waals surface area contributed by atoms with Crippen molar-refractivity contribution in [3.05, 3.63) is 39.9 Å². The van der Waals surface area contributed by atoms with Crippen LogP contribution in [-0.2, 0) is 16.1 Å². The second kappa shape index (κ2) is 5.79. The quantitative estimate of drug-likeness (QED) is 0.469. The van der Waals surface area contributed by atoms with E-state index in [0.717, 1.165) is 18.5 Å². The van der Waals surface area contributed by atoms with Gasteiger partial charge in [-0.1, -0.05) is 12.1 Å². The number of nitrogens with zero attached hydrogens (tertiary/aromatic N) is 2. The zero-order valence-corrected chi connectivity index (χ0v) is 10.7. The van der Waals surface area contributed by atoms with Gasteiger partial charge >= 0.3 is 5.97 Å². The number of likely N-dealkylation sites (tertiary alicyclic amines) is 1. The molecule has 0 spiro atoms. The molecule has 0 bridgehead atoms. The maximum absolute atomic E-state index is 11.4. The highest BCUT2D eigenvalue weighted by Crippen LogP contribution is 2.20. The van der Waals surface area contributed by atoms with Gasteiger partial charge in [-0.05, 0) is 18.5 Å². The van der Waals surface area contributed by atoms with Gasteiger partial charge in [-0.3, -0.25) is 19.8 Å². The fraction of sp³-hybridized carbons (Fsp3) is 0.462. The summed E-state index contributed by atoms with van der Waals surface area (Å²) < 4.78 is 4.73. The number of esters is 1. The number of benzene rings is 1. The lowest BCUT2D eigenvalue weighted by atomic mass is 10.1. The Morgan fingerprint density at radius 3 is 2.74 bits per heavy atom. The smallest absolute Gasteiger partial charge is 0.310 e. The molecule has 2 rings (SSSR count). The minimum Gasteiger partial charge on any atom is -0.469 e. The Morgan fingerprint density at radius 1 is 1.47 bits per heavy atom. The molecule has 6 heteroatoms. The van der Waals surface area contributed by atoms with Gasteiger partial charge in [0.15, 0.2) is 0 Å². The molecule has 0 aromatic heterocycles. The maximum atomic E-state index is 11.4. The van der Waals surface area contributed by atoms with Crippen molar-refractivity contribution in [1.29, 1.82) is 0 Å². The fourth-order valence-electron chi connectivity index (χ4n) is 2.32. The Labute approximate surface area is 111 Å². The number of ether oxygens (including phenoxy) is 1. The van der Waals surface area contributed by atoms with E-state index in [4.69, 9.17) is 4.74 Å². The van der Waals surface area contributed by atoms with Gasteiger partial charge in [0.05, 0.1) is 18.0 Å². The molecule has 6 nitrogen and oxygen atoms in total. The molecule has 1 heterocycles. The molecule has 1 aromatic rings. The van der Waals surface area contributed by atoms with E-state index in [-0.39, 0.29) is 17.6 Å². The zero-order chi connectivity index (χ0) is 13.8. The van der Waals surface area contributed by atoms with Crippen molar-refractivity contribution in [2.75, 3.05) is 20.2 Å². The Hall–Kier alpha value is -1.95. The number of rotatable bonds is 4. The first-order valence-electron chi connectivity index (χ1n) is 6.13. The third kappa shape index (κ3) is 3.29. The third-order valence-electron chi connectivity index (χ3n) is 3.36. The summed E-state index contributed by atoms with van der Waals surface area (Å²) >= 11 is 0. The molecule has 0 N–H and O–H groups in total. The van der Waals surface area contributed by atoms with Crippen LogP contribution in [0.15, 0.2) is 24.3 Å². The summed E-state index contributed by atoms with van der Waals surface area (Å²) in [7, 11) is 1.40. The van der Waals surface area contributed by atoms with E-state index in [1.54, 1.807) is 12.1 Å². The summed E-state index contributed by atoms with van der Waals surface area (Å²) in [6.07, 6.45) is 0.805. The Bertz CT molecular complexity index is 472. The molecular formula is C13H16N2O4. The van der Waals surface area contributed by atoms with Crippen LogP contribution in [0.5, 0.6) is 0 Å². The molecule has 1 aromatic carbocycles. The molecule has 1 unspecified atom stereocenters. The largest absolute Gasteiger partial charge is 0.469 e. The molecule has 1 fully saturated rings. The monoisotopic (exact) mass is 264 g/mol. The Morgan fingerprint density at radius 2 is 2.16 bits per heavy atom. The van der Waals surface area contributed by atoms with Crippen molar-refractivity contribution in [3.63, 3.8) is 0 Å². The zero-order valence-electron chi connectivity index (χ0n) is 10.7. The molecule has 1 atom stereocenters. The van der Waals surface area contributed by atoms with Gasteiger partial charge in [0.2, 0.25) is 0 Å². The van der Waals surface area contributed by atoms with Gasteiger partial charge in [-0.15, -0.1) is 0 Å². The molecule has 0 aliphatic carbocycles. The number of carbonyl (C=O) groups is 1. The minimum absolute atomic E-state index is 0.0527. The summed E-state index contributed by atoms with van der Waals surface area (Å²) in [4.78, 5) is 23.7. The Balaban J connectivity index is 1.92. The van der Waals surface area contributed by atoms with Gasteiger partial charge in [-0.25, -0.2) is 0 Å². The van der Waals surface area contributed by atoms with Crippen molar-refractivity contribution in [1.82, 2.24) is 4.90 Å². The number of methoxy groups -OCH3 is 1. The number of non-ortho nitro benzene ring substituents is 1. The highest BCUT2D eigenvalue weighted by Gasteiger charge is 2.28. The second-order valence-corrected chi connectivity index (χ2v) is 4.67. The van der Waals surface area contributed by atoms with Crippen molar-refractivity contribution in [2.45, 2.75) is 13.0 Å². The first kappa shape index (κ1) is 13.5. The van der Waals surface area contributed by atoms with Crippen LogP contribution in [0.2, 0.25) is 0 Å². The van der Waals surface area contributed by atoms with Crippen molar-refractivity contribution in [3.8, 4) is 0 Å². The van der Waals surface area contributed by atoms with Crippen molar-refractivity contribution in [2.24, 2.45) is 5.92 Å². The van der Waals surface area contributed by atoms with E-state index in [9.17, 15) is 14.9 Å². The maximum Gasteiger partial charge on any atom is 0.310 e. The molecule has 0 saturated carbocycles. The normalized spacial score (nSPS) is 19.3. The van der Waals surface area contributed by atoms with Crippen LogP contribution < -0.4 is 0 Å². The molecule has 102 valence electrons. The average Bonchev–Trinajstić information content (AvgIpc) is 2.87. The first-order chi connectivity index (χ1) is 9.10. The predicted molar refractivity (Wildman–Crippen MR) is 68.5 cm³/mol. The van der Waals surface area contributed by atoms with E-state index in [2.05, 4.69) is 4.90 Å². The van der Waals surface area contributed by atoms with Crippen LogP contribution in [0, 0.1) is 16.0 Å². The molecule has 0 radical (unpaired) electrons. The number of hydrogen-bond donors (Lipinski definition) is 0. The number of nitro groups is 1. The van der Waals surface area contributed by atoms with Crippen LogP contribution in [0.3, 0.4) is 0 Å². The van der Waals surface area contributed by atoms with Crippen molar-refractivity contribution < 1.29 is 14.5 Å². The van der Waals surface area contributed by atoms with Crippen molar-refractivity contribution >= 4 is 11.7 Å². The summed E-state index contributed by atoms with van der Waals surface area (Å²) in [5.41, 5.74) is 1.11. The lowest BCUT2D eigenvalue weighted by Gasteiger charge is -2.15. The van der Waals surface area contributed by atoms with Crippen LogP contribution in [0.1, 0.15) is 12.0 Å². The van der Waals surface area contributed by atoms with Gasteiger partial charge in [0.25, 0.3) is 5.69 Å². The lowest BCUT2D eigenvalue weighted by molar-refractivity contribution is -0.384. The summed E-state index contributed by atoms with van der Waals surface area (Å²) in [5, 5.41) is 10.6. The summed E-state index contributed by atoms with van der Waals surface area (Å²) in [6.45, 7) is 2.23. The first-order valence-corrected chi connectivity index (χ1v) is 6.13. The SMILES string of the molecule is COC(=O)C1CCN(Cc2ccc([N+](=O)[O-])cc2)C1. The molecule has 1 saturated heterocycles. The topological polar surface area (TPSA) is 72.7 Å². The molecule has 19 heavy (non-hydrogen) atoms. The predicted octanol–water partition coefficient (Wildman–Crippen LogP) is 1.59. The van der Waals surface area contributed by atoms with Gasteiger partial charge in [0.1, 0.15) is 0 Å². The van der Waals surface area contributed by atoms with Gasteiger partial charge in [0, 0.05) is 25.2 Å². The molecular weight excluding hydrogens is 248 g/mol. The van der Waals surface area contributed by atoms with Crippen LogP contribution >= 0.6 is 0 Å². The second-order valence-electron chi connectivity index (χ2n) is 4.67. The molecule has 0 amide bonds. The highest BCUT2D eigenvalue weighted by molar-refractivity contribution is 5.72. The van der Waals surface area contributed by atoms with Gasteiger partial charge in [-0.2, -0.15) is 0 Å². The molecule has 1 aliphatic rings. The van der Waals surface area contributed by atoms with E-state index in [1.807, 2.05) is 0 Å². The minimum atomic E-state index is -0.410. The van der Waals surface area contributed by atoms with Crippen LogP contribution in [0.4, 0.5) is 5.69 Å². The molecule has 1 aliphatic heterocycles. The van der Waals surface area contributed by atoms with E-state index >= 15 is 0 Å². The number of hydrogen-bond acceptors (Lipinski definition) is 5. The van der Waals surface area contributed by atoms with E-state index < -0.39 is 4.92 Å². The Kier molecular flexibility index (Phi) is 4.11. The summed E-state index contributed by atoms with van der Waals surface area (Å²) in [6, 6.07) is 6.51.